The highest BCUT2D eigenvalue weighted by atomic mass is 35.7. The van der Waals surface area contributed by atoms with Crippen LogP contribution in [0.3, 0.4) is 0 Å². The molecule has 5 nitrogen and oxygen atoms in total. The van der Waals surface area contributed by atoms with Gasteiger partial charge in [-0.05, 0) is 61.1 Å². The summed E-state index contributed by atoms with van der Waals surface area (Å²) in [5.74, 6) is -0.177. The highest BCUT2D eigenvalue weighted by Gasteiger charge is 2.48. The van der Waals surface area contributed by atoms with E-state index < -0.39 is 25.4 Å². The molecule has 0 amide bonds. The van der Waals surface area contributed by atoms with Crippen LogP contribution in [0.4, 0.5) is 4.39 Å². The Morgan fingerprint density at radius 3 is 2.58 bits per heavy atom. The van der Waals surface area contributed by atoms with E-state index in [2.05, 4.69) is 4.98 Å². The van der Waals surface area contributed by atoms with Crippen molar-refractivity contribution in [1.29, 1.82) is 0 Å². The molecule has 172 valence electrons. The third-order valence-electron chi connectivity index (χ3n) is 5.88. The highest BCUT2D eigenvalue weighted by Crippen LogP contribution is 2.53. The normalized spacial score (nSPS) is 17.1. The summed E-state index contributed by atoms with van der Waals surface area (Å²) in [6.45, 7) is -0.00687. The molecule has 3 aromatic rings. The van der Waals surface area contributed by atoms with Crippen molar-refractivity contribution in [3.8, 4) is 16.9 Å². The summed E-state index contributed by atoms with van der Waals surface area (Å²) in [6.07, 6.45) is 7.42. The molecule has 2 fully saturated rings. The van der Waals surface area contributed by atoms with E-state index >= 15 is 0 Å². The van der Waals surface area contributed by atoms with Gasteiger partial charge < -0.3 is 9.47 Å². The predicted octanol–water partition coefficient (Wildman–Crippen LogP) is 6.22. The van der Waals surface area contributed by atoms with Gasteiger partial charge in [0, 0.05) is 39.2 Å². The molecule has 1 heterocycles. The number of hydrogen-bond acceptors (Lipinski definition) is 5. The lowest BCUT2D eigenvalue weighted by Crippen LogP contribution is -2.14. The second kappa shape index (κ2) is 8.55. The third kappa shape index (κ3) is 4.73. The maximum absolute atomic E-state index is 14.0. The summed E-state index contributed by atoms with van der Waals surface area (Å²) in [7, 11) is 1.10. The van der Waals surface area contributed by atoms with Crippen LogP contribution in [0.2, 0.25) is 5.02 Å². The Morgan fingerprint density at radius 1 is 1.12 bits per heavy atom. The molecule has 0 N–H and O–H groups in total. The second-order valence-corrected chi connectivity index (χ2v) is 11.3. The average molecular weight is 508 g/mol. The molecule has 2 aliphatic rings. The number of benzene rings is 2. The summed E-state index contributed by atoms with van der Waals surface area (Å²) >= 11 is 6.16. The first-order valence-corrected chi connectivity index (χ1v) is 13.2. The minimum Gasteiger partial charge on any atom is -0.490 e. The van der Waals surface area contributed by atoms with Crippen LogP contribution in [-0.2, 0) is 26.0 Å². The standard InChI is InChI=1S/C24H20Cl2FNO4S/c25-20-12-21(27)23(33(26,29)30)11-15(20)14-31-24(8-9-24)19-13-28-10-7-17(19)18-3-1-2-4-22(18)32-16-5-6-16/h1-4,7,10-13,16H,5-6,8-9,14H2. The van der Waals surface area contributed by atoms with E-state index in [-0.39, 0.29) is 17.7 Å². The Bertz CT molecular complexity index is 1320. The van der Waals surface area contributed by atoms with Crippen LogP contribution in [-0.4, -0.2) is 19.5 Å². The molecule has 2 saturated carbocycles. The van der Waals surface area contributed by atoms with Crippen molar-refractivity contribution < 1.29 is 22.3 Å². The van der Waals surface area contributed by atoms with Crippen molar-refractivity contribution in [3.05, 3.63) is 76.8 Å². The average Bonchev–Trinajstić information content (AvgIpc) is 3.70. The lowest BCUT2D eigenvalue weighted by atomic mass is 9.96. The first-order chi connectivity index (χ1) is 15.8. The smallest absolute Gasteiger partial charge is 0.264 e. The van der Waals surface area contributed by atoms with Gasteiger partial charge in [0.1, 0.15) is 16.5 Å². The van der Waals surface area contributed by atoms with Gasteiger partial charge >= 0.3 is 0 Å². The molecule has 5 rings (SSSR count). The topological polar surface area (TPSA) is 65.5 Å². The molecule has 0 spiro atoms. The number of aromatic nitrogens is 1. The fourth-order valence-corrected chi connectivity index (χ4v) is 4.97. The Labute approximate surface area is 200 Å². The molecule has 1 aromatic heterocycles. The number of para-hydroxylation sites is 1. The Balaban J connectivity index is 1.46. The molecule has 0 bridgehead atoms. The van der Waals surface area contributed by atoms with Crippen LogP contribution < -0.4 is 4.74 Å². The van der Waals surface area contributed by atoms with Gasteiger partial charge in [0.25, 0.3) is 9.05 Å². The van der Waals surface area contributed by atoms with E-state index in [1.807, 2.05) is 30.3 Å². The number of halogens is 3. The van der Waals surface area contributed by atoms with Crippen LogP contribution in [0.15, 0.2) is 59.8 Å². The minimum atomic E-state index is -4.26. The number of rotatable bonds is 8. The van der Waals surface area contributed by atoms with Crippen molar-refractivity contribution in [2.45, 2.75) is 48.9 Å². The molecule has 0 radical (unpaired) electrons. The first-order valence-electron chi connectivity index (χ1n) is 10.5. The molecular formula is C24H20Cl2FNO4S. The van der Waals surface area contributed by atoms with Gasteiger partial charge in [-0.1, -0.05) is 29.8 Å². The van der Waals surface area contributed by atoms with E-state index in [4.69, 9.17) is 31.8 Å². The van der Waals surface area contributed by atoms with Crippen LogP contribution in [0.25, 0.3) is 11.1 Å². The SMILES string of the molecule is O=S(=O)(Cl)c1cc(COC2(c3cnccc3-c3ccccc3OC3CC3)CC2)c(Cl)cc1F. The zero-order valence-corrected chi connectivity index (χ0v) is 19.8. The fourth-order valence-electron chi connectivity index (χ4n) is 3.84. The fraction of sp³-hybridized carbons (Fsp3) is 0.292. The molecule has 0 atom stereocenters. The largest absolute Gasteiger partial charge is 0.490 e. The minimum absolute atomic E-state index is 0.00687. The predicted molar refractivity (Wildman–Crippen MR) is 123 cm³/mol. The van der Waals surface area contributed by atoms with Crippen molar-refractivity contribution >= 4 is 31.3 Å². The van der Waals surface area contributed by atoms with E-state index in [0.717, 1.165) is 60.3 Å². The van der Waals surface area contributed by atoms with Crippen molar-refractivity contribution in [3.63, 3.8) is 0 Å². The first kappa shape index (κ1) is 22.6. The van der Waals surface area contributed by atoms with Crippen LogP contribution in [0, 0.1) is 5.82 Å². The Kier molecular flexibility index (Phi) is 5.85. The number of hydrogen-bond donors (Lipinski definition) is 0. The van der Waals surface area contributed by atoms with Gasteiger partial charge in [-0.25, -0.2) is 12.8 Å². The van der Waals surface area contributed by atoms with Crippen molar-refractivity contribution in [1.82, 2.24) is 4.98 Å². The highest BCUT2D eigenvalue weighted by molar-refractivity contribution is 8.13. The number of ether oxygens (including phenoxy) is 2. The summed E-state index contributed by atoms with van der Waals surface area (Å²) < 4.78 is 49.8. The van der Waals surface area contributed by atoms with E-state index in [1.54, 1.807) is 12.4 Å². The molecule has 0 saturated heterocycles. The summed E-state index contributed by atoms with van der Waals surface area (Å²) in [4.78, 5) is 3.70. The summed E-state index contributed by atoms with van der Waals surface area (Å²) in [5, 5.41) is 0.0713. The Morgan fingerprint density at radius 2 is 1.88 bits per heavy atom. The molecular weight excluding hydrogens is 488 g/mol. The third-order valence-corrected chi connectivity index (χ3v) is 7.57. The number of nitrogens with zero attached hydrogens (tertiary/aromatic N) is 1. The van der Waals surface area contributed by atoms with Gasteiger partial charge in [0.15, 0.2) is 0 Å². The monoisotopic (exact) mass is 507 g/mol. The molecule has 0 unspecified atom stereocenters. The summed E-state index contributed by atoms with van der Waals surface area (Å²) in [5.41, 5.74) is 2.58. The van der Waals surface area contributed by atoms with Gasteiger partial charge in [-0.15, -0.1) is 0 Å². The number of pyridine rings is 1. The zero-order chi connectivity index (χ0) is 23.2. The molecule has 9 heteroatoms. The van der Waals surface area contributed by atoms with Crippen LogP contribution in [0.5, 0.6) is 5.75 Å². The van der Waals surface area contributed by atoms with Crippen LogP contribution >= 0.6 is 22.3 Å². The van der Waals surface area contributed by atoms with Crippen LogP contribution in [0.1, 0.15) is 36.8 Å². The molecule has 33 heavy (non-hydrogen) atoms. The zero-order valence-electron chi connectivity index (χ0n) is 17.4. The molecule has 2 aromatic carbocycles. The quantitative estimate of drug-likeness (QED) is 0.338. The molecule has 0 aliphatic heterocycles. The lowest BCUT2D eigenvalue weighted by molar-refractivity contribution is 0.0173. The van der Waals surface area contributed by atoms with Crippen molar-refractivity contribution in [2.24, 2.45) is 0 Å². The van der Waals surface area contributed by atoms with Crippen molar-refractivity contribution in [2.75, 3.05) is 0 Å². The second-order valence-electron chi connectivity index (χ2n) is 8.33. The lowest BCUT2D eigenvalue weighted by Gasteiger charge is -2.22. The Hall–Kier alpha value is -2.19. The van der Waals surface area contributed by atoms with Gasteiger partial charge in [0.2, 0.25) is 0 Å². The maximum Gasteiger partial charge on any atom is 0.264 e. The van der Waals surface area contributed by atoms with E-state index in [1.165, 1.54) is 0 Å². The van der Waals surface area contributed by atoms with E-state index in [9.17, 15) is 12.8 Å². The van der Waals surface area contributed by atoms with Gasteiger partial charge in [-0.3, -0.25) is 4.98 Å². The van der Waals surface area contributed by atoms with Gasteiger partial charge in [-0.2, -0.15) is 0 Å². The van der Waals surface area contributed by atoms with E-state index in [0.29, 0.717) is 5.56 Å². The van der Waals surface area contributed by atoms with Gasteiger partial charge in [0.05, 0.1) is 18.3 Å². The summed E-state index contributed by atoms with van der Waals surface area (Å²) in [6, 6.07) is 11.9. The maximum atomic E-state index is 14.0. The molecule has 2 aliphatic carbocycles.